The lowest BCUT2D eigenvalue weighted by molar-refractivity contribution is 0.615. The van der Waals surface area contributed by atoms with Crippen LogP contribution in [-0.4, -0.2) is 31.2 Å². The van der Waals surface area contributed by atoms with Crippen LogP contribution in [0.4, 0.5) is 19.0 Å². The van der Waals surface area contributed by atoms with Crippen LogP contribution in [-0.2, 0) is 0 Å². The first-order chi connectivity index (χ1) is 17.2. The zero-order valence-electron chi connectivity index (χ0n) is 19.1. The third-order valence-electron chi connectivity index (χ3n) is 5.71. The number of nitrogen functional groups attached to an aromatic ring is 1. The summed E-state index contributed by atoms with van der Waals surface area (Å²) in [6.07, 6.45) is 2.73. The zero-order chi connectivity index (χ0) is 25.7. The Bertz CT molecular complexity index is 1740. The number of hydrogen-bond donors (Lipinski definition) is 3. The summed E-state index contributed by atoms with van der Waals surface area (Å²) in [5.41, 5.74) is 13.0. The van der Waals surface area contributed by atoms with Crippen LogP contribution in [0.25, 0.3) is 38.8 Å². The number of rotatable bonds is 3. The molecule has 5 N–H and O–H groups in total. The van der Waals surface area contributed by atoms with Crippen LogP contribution in [0, 0.1) is 29.8 Å². The van der Waals surface area contributed by atoms with Crippen molar-refractivity contribution in [2.45, 2.75) is 13.8 Å². The predicted molar refractivity (Wildman–Crippen MR) is 133 cm³/mol. The minimum Gasteiger partial charge on any atom is -0.387 e. The van der Waals surface area contributed by atoms with Crippen molar-refractivity contribution in [2.24, 2.45) is 10.7 Å². The van der Waals surface area contributed by atoms with Gasteiger partial charge in [0.05, 0.1) is 22.4 Å². The first kappa shape index (κ1) is 23.0. The number of pyridine rings is 2. The Labute approximate surface area is 202 Å². The minimum atomic E-state index is -0.738. The molecule has 0 amide bonds. The maximum Gasteiger partial charge on any atom is 0.173 e. The van der Waals surface area contributed by atoms with Crippen molar-refractivity contribution >= 4 is 39.4 Å². The van der Waals surface area contributed by atoms with Crippen molar-refractivity contribution in [3.05, 3.63) is 77.6 Å². The number of aromatic nitrogens is 4. The molecule has 0 saturated carbocycles. The van der Waals surface area contributed by atoms with Crippen molar-refractivity contribution in [1.29, 1.82) is 5.41 Å². The fourth-order valence-corrected chi connectivity index (χ4v) is 4.22. The molecule has 0 saturated heterocycles. The second kappa shape index (κ2) is 8.45. The van der Waals surface area contributed by atoms with Gasteiger partial charge in [0, 0.05) is 23.5 Å². The standard InChI is InChI=1S/C25H19F3N8/c1-11(29)34-24(30)15-9-13(14-5-7-33-25(31)21(14)28)10-19-22(15)35-12(2)36(19)18-6-8-32-23-17(27)4-3-16(26)20(18)23/h3-10H,1-2H3,(H2,31,33)(H3,29,30,34). The Morgan fingerprint density at radius 1 is 1.00 bits per heavy atom. The van der Waals surface area contributed by atoms with Gasteiger partial charge < -0.3 is 11.5 Å². The van der Waals surface area contributed by atoms with E-state index in [2.05, 4.69) is 19.9 Å². The fraction of sp³-hybridized carbons (Fsp3) is 0.0800. The van der Waals surface area contributed by atoms with Crippen molar-refractivity contribution in [1.82, 2.24) is 19.5 Å². The molecule has 8 nitrogen and oxygen atoms in total. The number of aryl methyl sites for hydroxylation is 1. The van der Waals surface area contributed by atoms with Crippen LogP contribution < -0.4 is 11.5 Å². The molecular weight excluding hydrogens is 469 g/mol. The second-order valence-electron chi connectivity index (χ2n) is 8.13. The number of amidine groups is 2. The lowest BCUT2D eigenvalue weighted by Gasteiger charge is -2.13. The molecule has 5 aromatic rings. The van der Waals surface area contributed by atoms with Crippen molar-refractivity contribution in [2.75, 3.05) is 5.73 Å². The van der Waals surface area contributed by atoms with E-state index in [9.17, 15) is 13.2 Å². The molecule has 0 radical (unpaired) electrons. The molecular formula is C25H19F3N8. The smallest absolute Gasteiger partial charge is 0.173 e. The number of imidazole rings is 1. The van der Waals surface area contributed by atoms with Crippen molar-refractivity contribution in [3.63, 3.8) is 0 Å². The molecule has 36 heavy (non-hydrogen) atoms. The molecule has 0 atom stereocenters. The van der Waals surface area contributed by atoms with Gasteiger partial charge in [-0.3, -0.25) is 15.0 Å². The highest BCUT2D eigenvalue weighted by atomic mass is 19.1. The predicted octanol–water partition coefficient (Wildman–Crippen LogP) is 4.65. The number of nitrogens with two attached hydrogens (primary N) is 2. The van der Waals surface area contributed by atoms with Crippen LogP contribution in [0.1, 0.15) is 18.3 Å². The van der Waals surface area contributed by atoms with Gasteiger partial charge in [0.1, 0.15) is 28.5 Å². The monoisotopic (exact) mass is 488 g/mol. The number of halogens is 3. The Morgan fingerprint density at radius 2 is 1.72 bits per heavy atom. The van der Waals surface area contributed by atoms with Gasteiger partial charge in [0.25, 0.3) is 0 Å². The summed E-state index contributed by atoms with van der Waals surface area (Å²) in [6, 6.07) is 8.20. The van der Waals surface area contributed by atoms with Gasteiger partial charge in [-0.15, -0.1) is 0 Å². The number of benzene rings is 2. The summed E-state index contributed by atoms with van der Waals surface area (Å²) in [4.78, 5) is 16.4. The molecule has 0 spiro atoms. The number of hydrogen-bond acceptors (Lipinski definition) is 5. The quantitative estimate of drug-likeness (QED) is 0.251. The molecule has 3 aromatic heterocycles. The number of anilines is 1. The van der Waals surface area contributed by atoms with E-state index in [1.807, 2.05) is 0 Å². The summed E-state index contributed by atoms with van der Waals surface area (Å²) in [5.74, 6) is -2.02. The maximum absolute atomic E-state index is 15.0. The van der Waals surface area contributed by atoms with Crippen LogP contribution >= 0.6 is 0 Å². The van der Waals surface area contributed by atoms with Gasteiger partial charge in [-0.1, -0.05) is 0 Å². The maximum atomic E-state index is 15.0. The molecule has 180 valence electrons. The SMILES string of the molecule is CC(N)=NC(=N)c1cc(-c2ccnc(N)c2F)cc2c1nc(C)n2-c1ccnc2c(F)ccc(F)c12. The van der Waals surface area contributed by atoms with Gasteiger partial charge in [-0.25, -0.2) is 28.1 Å². The van der Waals surface area contributed by atoms with E-state index >= 15 is 0 Å². The van der Waals surface area contributed by atoms with E-state index in [1.54, 1.807) is 23.6 Å². The van der Waals surface area contributed by atoms with E-state index in [4.69, 9.17) is 16.9 Å². The molecule has 2 aromatic carbocycles. The summed E-state index contributed by atoms with van der Waals surface area (Å²) >= 11 is 0. The molecule has 3 heterocycles. The lowest BCUT2D eigenvalue weighted by atomic mass is 10.0. The van der Waals surface area contributed by atoms with Crippen LogP contribution in [0.5, 0.6) is 0 Å². The summed E-state index contributed by atoms with van der Waals surface area (Å²) in [6.45, 7) is 3.21. The first-order valence-corrected chi connectivity index (χ1v) is 10.7. The largest absolute Gasteiger partial charge is 0.387 e. The molecule has 0 bridgehead atoms. The summed E-state index contributed by atoms with van der Waals surface area (Å²) in [7, 11) is 0. The highest BCUT2D eigenvalue weighted by molar-refractivity contribution is 6.12. The number of nitrogens with zero attached hydrogens (tertiary/aromatic N) is 5. The van der Waals surface area contributed by atoms with Gasteiger partial charge >= 0.3 is 0 Å². The fourth-order valence-electron chi connectivity index (χ4n) is 4.22. The molecule has 0 fully saturated rings. The van der Waals surface area contributed by atoms with Gasteiger partial charge in [0.15, 0.2) is 17.5 Å². The van der Waals surface area contributed by atoms with Crippen molar-refractivity contribution < 1.29 is 13.2 Å². The van der Waals surface area contributed by atoms with E-state index in [0.29, 0.717) is 22.4 Å². The molecule has 5 rings (SSSR count). The second-order valence-corrected chi connectivity index (χ2v) is 8.13. The Hall–Kier alpha value is -4.80. The Morgan fingerprint density at radius 3 is 2.47 bits per heavy atom. The Balaban J connectivity index is 1.92. The molecule has 11 heteroatoms. The van der Waals surface area contributed by atoms with Crippen LogP contribution in [0.15, 0.2) is 53.8 Å². The highest BCUT2D eigenvalue weighted by Crippen LogP contribution is 2.35. The molecule has 0 unspecified atom stereocenters. The van der Waals surface area contributed by atoms with Gasteiger partial charge in [0.2, 0.25) is 0 Å². The van der Waals surface area contributed by atoms with Crippen LogP contribution in [0.2, 0.25) is 0 Å². The van der Waals surface area contributed by atoms with E-state index in [-0.39, 0.29) is 45.2 Å². The third kappa shape index (κ3) is 3.61. The normalized spacial score (nSPS) is 12.0. The zero-order valence-corrected chi connectivity index (χ0v) is 19.1. The average Bonchev–Trinajstić information content (AvgIpc) is 3.17. The Kier molecular flexibility index (Phi) is 5.39. The van der Waals surface area contributed by atoms with E-state index < -0.39 is 17.5 Å². The van der Waals surface area contributed by atoms with Gasteiger partial charge in [-0.05, 0) is 55.8 Å². The first-order valence-electron chi connectivity index (χ1n) is 10.7. The molecule has 0 aliphatic carbocycles. The van der Waals surface area contributed by atoms with Crippen LogP contribution in [0.3, 0.4) is 0 Å². The third-order valence-corrected chi connectivity index (χ3v) is 5.71. The summed E-state index contributed by atoms with van der Waals surface area (Å²) in [5, 5.41) is 8.46. The average molecular weight is 488 g/mol. The van der Waals surface area contributed by atoms with Gasteiger partial charge in [-0.2, -0.15) is 0 Å². The number of nitrogens with one attached hydrogen (secondary N) is 1. The molecule has 0 aliphatic rings. The lowest BCUT2D eigenvalue weighted by Crippen LogP contribution is -2.10. The van der Waals surface area contributed by atoms with E-state index in [0.717, 1.165) is 12.1 Å². The highest BCUT2D eigenvalue weighted by Gasteiger charge is 2.22. The summed E-state index contributed by atoms with van der Waals surface area (Å²) < 4.78 is 46.0. The number of fused-ring (bicyclic) bond motifs is 2. The molecule has 0 aliphatic heterocycles. The van der Waals surface area contributed by atoms with E-state index in [1.165, 1.54) is 31.5 Å². The van der Waals surface area contributed by atoms with Crippen molar-refractivity contribution in [3.8, 4) is 16.8 Å². The number of aliphatic imine (C=N–C) groups is 1. The minimum absolute atomic E-state index is 0.0444. The topological polar surface area (TPSA) is 132 Å².